The lowest BCUT2D eigenvalue weighted by Crippen LogP contribution is -2.27. The molecule has 22 heavy (non-hydrogen) atoms. The van der Waals surface area contributed by atoms with E-state index in [9.17, 15) is 4.79 Å². The first-order chi connectivity index (χ1) is 10.6. The van der Waals surface area contributed by atoms with Crippen molar-refractivity contribution in [1.29, 1.82) is 0 Å². The van der Waals surface area contributed by atoms with Crippen LogP contribution < -0.4 is 5.56 Å². The molecule has 0 spiro atoms. The fourth-order valence-corrected chi connectivity index (χ4v) is 2.54. The lowest BCUT2D eigenvalue weighted by Gasteiger charge is -2.08. The second-order valence-electron chi connectivity index (χ2n) is 4.91. The summed E-state index contributed by atoms with van der Waals surface area (Å²) in [5.74, 6) is 0. The van der Waals surface area contributed by atoms with E-state index in [4.69, 9.17) is 16.3 Å². The van der Waals surface area contributed by atoms with Gasteiger partial charge in [0.1, 0.15) is 5.52 Å². The molecule has 2 heterocycles. The number of aromatic nitrogens is 4. The van der Waals surface area contributed by atoms with Gasteiger partial charge in [-0.1, -0.05) is 17.7 Å². The topological polar surface area (TPSA) is 61.9 Å². The van der Waals surface area contributed by atoms with E-state index in [2.05, 4.69) is 10.2 Å². The molecule has 0 atom stereocenters. The largest absolute Gasteiger partial charge is 0.383 e. The van der Waals surface area contributed by atoms with Crippen LogP contribution in [0.2, 0.25) is 5.02 Å². The number of ether oxygens (including phenoxy) is 1. The van der Waals surface area contributed by atoms with Gasteiger partial charge in [0.25, 0.3) is 5.56 Å². The number of nitrogens with zero attached hydrogens (tertiary/aromatic N) is 4. The SMILES string of the molecule is COCCn1nc(C)c2cnn(-c3cccc(Cl)c3)c2c1=O. The average Bonchev–Trinajstić information content (AvgIpc) is 2.95. The van der Waals surface area contributed by atoms with Crippen molar-refractivity contribution in [2.24, 2.45) is 0 Å². The third-order valence-electron chi connectivity index (χ3n) is 3.43. The average molecular weight is 319 g/mol. The van der Waals surface area contributed by atoms with E-state index in [0.717, 1.165) is 16.8 Å². The minimum absolute atomic E-state index is 0.199. The minimum atomic E-state index is -0.199. The van der Waals surface area contributed by atoms with Gasteiger partial charge in [-0.2, -0.15) is 10.2 Å². The molecule has 0 aliphatic heterocycles. The summed E-state index contributed by atoms with van der Waals surface area (Å²) in [5.41, 5.74) is 1.78. The highest BCUT2D eigenvalue weighted by atomic mass is 35.5. The molecule has 0 radical (unpaired) electrons. The highest BCUT2D eigenvalue weighted by molar-refractivity contribution is 6.30. The Kier molecular flexibility index (Phi) is 3.96. The quantitative estimate of drug-likeness (QED) is 0.740. The smallest absolute Gasteiger partial charge is 0.293 e. The van der Waals surface area contributed by atoms with E-state index in [1.807, 2.05) is 19.1 Å². The normalized spacial score (nSPS) is 11.2. The van der Waals surface area contributed by atoms with E-state index in [1.54, 1.807) is 30.1 Å². The standard InChI is InChI=1S/C15H15ClN4O2/c1-10-13-9-17-20(12-5-3-4-11(16)8-12)14(13)15(21)19(18-10)6-7-22-2/h3-5,8-9H,6-7H2,1-2H3. The maximum atomic E-state index is 12.7. The summed E-state index contributed by atoms with van der Waals surface area (Å²) in [6, 6.07) is 7.22. The molecule has 0 unspecified atom stereocenters. The maximum absolute atomic E-state index is 12.7. The fourth-order valence-electron chi connectivity index (χ4n) is 2.35. The first-order valence-corrected chi connectivity index (χ1v) is 7.20. The van der Waals surface area contributed by atoms with Crippen LogP contribution in [0.4, 0.5) is 0 Å². The number of aryl methyl sites for hydroxylation is 1. The Bertz CT molecular complexity index is 885. The Morgan fingerprint density at radius 2 is 2.18 bits per heavy atom. The van der Waals surface area contributed by atoms with Crippen molar-refractivity contribution in [2.45, 2.75) is 13.5 Å². The molecule has 3 rings (SSSR count). The predicted octanol–water partition coefficient (Wildman–Crippen LogP) is 2.19. The van der Waals surface area contributed by atoms with Crippen molar-refractivity contribution in [2.75, 3.05) is 13.7 Å². The van der Waals surface area contributed by atoms with Gasteiger partial charge in [-0.25, -0.2) is 9.36 Å². The lowest BCUT2D eigenvalue weighted by atomic mass is 10.2. The summed E-state index contributed by atoms with van der Waals surface area (Å²) >= 11 is 6.03. The van der Waals surface area contributed by atoms with Gasteiger partial charge in [0, 0.05) is 17.5 Å². The van der Waals surface area contributed by atoms with Crippen molar-refractivity contribution in [3.8, 4) is 5.69 Å². The molecular weight excluding hydrogens is 304 g/mol. The van der Waals surface area contributed by atoms with E-state index in [1.165, 1.54) is 4.68 Å². The molecule has 7 heteroatoms. The van der Waals surface area contributed by atoms with Crippen molar-refractivity contribution < 1.29 is 4.74 Å². The first-order valence-electron chi connectivity index (χ1n) is 6.82. The van der Waals surface area contributed by atoms with Crippen molar-refractivity contribution >= 4 is 22.5 Å². The summed E-state index contributed by atoms with van der Waals surface area (Å²) in [6.07, 6.45) is 1.65. The molecular formula is C15H15ClN4O2. The van der Waals surface area contributed by atoms with Gasteiger partial charge in [0.15, 0.2) is 0 Å². The zero-order chi connectivity index (χ0) is 15.7. The highest BCUT2D eigenvalue weighted by Gasteiger charge is 2.14. The van der Waals surface area contributed by atoms with Crippen LogP contribution in [0.5, 0.6) is 0 Å². The van der Waals surface area contributed by atoms with Crippen LogP contribution in [0, 0.1) is 6.92 Å². The van der Waals surface area contributed by atoms with E-state index < -0.39 is 0 Å². The fraction of sp³-hybridized carbons (Fsp3) is 0.267. The van der Waals surface area contributed by atoms with Crippen LogP contribution in [0.15, 0.2) is 35.3 Å². The number of benzene rings is 1. The molecule has 0 bridgehead atoms. The van der Waals surface area contributed by atoms with Crippen LogP contribution >= 0.6 is 11.6 Å². The highest BCUT2D eigenvalue weighted by Crippen LogP contribution is 2.19. The monoisotopic (exact) mass is 318 g/mol. The second-order valence-corrected chi connectivity index (χ2v) is 5.34. The van der Waals surface area contributed by atoms with Gasteiger partial charge in [-0.3, -0.25) is 4.79 Å². The predicted molar refractivity (Wildman–Crippen MR) is 84.7 cm³/mol. The van der Waals surface area contributed by atoms with Crippen LogP contribution in [-0.4, -0.2) is 33.3 Å². The molecule has 0 amide bonds. The Morgan fingerprint density at radius 1 is 1.36 bits per heavy atom. The number of hydrogen-bond donors (Lipinski definition) is 0. The zero-order valence-corrected chi connectivity index (χ0v) is 13.0. The molecule has 0 saturated heterocycles. The number of rotatable bonds is 4. The molecule has 0 aliphatic carbocycles. The zero-order valence-electron chi connectivity index (χ0n) is 12.3. The van der Waals surface area contributed by atoms with Gasteiger partial charge >= 0.3 is 0 Å². The van der Waals surface area contributed by atoms with Gasteiger partial charge in [0.2, 0.25) is 0 Å². The molecule has 114 valence electrons. The third kappa shape index (κ3) is 2.51. The Hall–Kier alpha value is -2.18. The molecule has 0 aliphatic rings. The first kappa shape index (κ1) is 14.7. The van der Waals surface area contributed by atoms with Crippen molar-refractivity contribution in [3.63, 3.8) is 0 Å². The Labute approximate surface area is 131 Å². The number of hydrogen-bond acceptors (Lipinski definition) is 4. The molecule has 1 aromatic carbocycles. The van der Waals surface area contributed by atoms with Gasteiger partial charge in [-0.15, -0.1) is 0 Å². The number of methoxy groups -OCH3 is 1. The van der Waals surface area contributed by atoms with Gasteiger partial charge in [0.05, 0.1) is 30.7 Å². The van der Waals surface area contributed by atoms with Gasteiger partial charge in [-0.05, 0) is 25.1 Å². The van der Waals surface area contributed by atoms with Gasteiger partial charge < -0.3 is 4.74 Å². The summed E-state index contributed by atoms with van der Waals surface area (Å²) < 4.78 is 8.03. The van der Waals surface area contributed by atoms with Crippen LogP contribution in [0.25, 0.3) is 16.6 Å². The van der Waals surface area contributed by atoms with Crippen LogP contribution in [-0.2, 0) is 11.3 Å². The molecule has 6 nitrogen and oxygen atoms in total. The number of halogens is 1. The Morgan fingerprint density at radius 3 is 2.91 bits per heavy atom. The summed E-state index contributed by atoms with van der Waals surface area (Å²) in [5, 5.41) is 9.96. The molecule has 0 fully saturated rings. The summed E-state index contributed by atoms with van der Waals surface area (Å²) in [4.78, 5) is 12.7. The van der Waals surface area contributed by atoms with E-state index in [-0.39, 0.29) is 5.56 Å². The molecule has 3 aromatic rings. The maximum Gasteiger partial charge on any atom is 0.293 e. The summed E-state index contributed by atoms with van der Waals surface area (Å²) in [7, 11) is 1.59. The van der Waals surface area contributed by atoms with Crippen molar-refractivity contribution in [3.05, 3.63) is 51.5 Å². The molecule has 0 N–H and O–H groups in total. The third-order valence-corrected chi connectivity index (χ3v) is 3.66. The van der Waals surface area contributed by atoms with Crippen LogP contribution in [0.3, 0.4) is 0 Å². The lowest BCUT2D eigenvalue weighted by molar-refractivity contribution is 0.182. The minimum Gasteiger partial charge on any atom is -0.383 e. The Balaban J connectivity index is 2.25. The molecule has 2 aromatic heterocycles. The van der Waals surface area contributed by atoms with E-state index in [0.29, 0.717) is 23.7 Å². The second kappa shape index (κ2) is 5.90. The van der Waals surface area contributed by atoms with Crippen LogP contribution in [0.1, 0.15) is 5.69 Å². The summed E-state index contributed by atoms with van der Waals surface area (Å²) in [6.45, 7) is 2.67. The van der Waals surface area contributed by atoms with Crippen molar-refractivity contribution in [1.82, 2.24) is 19.6 Å². The molecule has 0 saturated carbocycles. The van der Waals surface area contributed by atoms with E-state index >= 15 is 0 Å². The number of fused-ring (bicyclic) bond motifs is 1.